The van der Waals surface area contributed by atoms with E-state index in [2.05, 4.69) is 22.6 Å². The van der Waals surface area contributed by atoms with Gasteiger partial charge in [0.2, 0.25) is 0 Å². The lowest BCUT2D eigenvalue weighted by molar-refractivity contribution is 0.104. The van der Waals surface area contributed by atoms with Crippen molar-refractivity contribution in [3.63, 3.8) is 0 Å². The third-order valence-corrected chi connectivity index (χ3v) is 3.91. The minimum absolute atomic E-state index is 0.0765. The fourth-order valence-corrected chi connectivity index (χ4v) is 2.42. The molecule has 2 aromatic carbocycles. The lowest BCUT2D eigenvalue weighted by Gasteiger charge is -2.01. The summed E-state index contributed by atoms with van der Waals surface area (Å²) in [6.45, 7) is 0. The SMILES string of the molecule is O=C(/C=C/c1c(Cl)cccc1Cl)c1ccc(I)cc1. The van der Waals surface area contributed by atoms with Gasteiger partial charge in [0, 0.05) is 24.7 Å². The van der Waals surface area contributed by atoms with Gasteiger partial charge in [-0.2, -0.15) is 0 Å². The molecular formula is C15H9Cl2IO. The summed E-state index contributed by atoms with van der Waals surface area (Å²) in [4.78, 5) is 12.0. The highest BCUT2D eigenvalue weighted by molar-refractivity contribution is 14.1. The van der Waals surface area contributed by atoms with Gasteiger partial charge in [0.15, 0.2) is 5.78 Å². The summed E-state index contributed by atoms with van der Waals surface area (Å²) < 4.78 is 1.09. The average Bonchev–Trinajstić information content (AvgIpc) is 2.38. The van der Waals surface area contributed by atoms with Crippen molar-refractivity contribution in [2.75, 3.05) is 0 Å². The molecule has 0 saturated carbocycles. The van der Waals surface area contributed by atoms with Gasteiger partial charge < -0.3 is 0 Å². The van der Waals surface area contributed by atoms with Crippen LogP contribution in [0.4, 0.5) is 0 Å². The first-order valence-corrected chi connectivity index (χ1v) is 7.33. The van der Waals surface area contributed by atoms with Crippen molar-refractivity contribution in [2.45, 2.75) is 0 Å². The Bertz CT molecular complexity index is 613. The topological polar surface area (TPSA) is 17.1 Å². The number of carbonyl (C=O) groups excluding carboxylic acids is 1. The van der Waals surface area contributed by atoms with Crippen LogP contribution in [0.25, 0.3) is 6.08 Å². The molecule has 0 aromatic heterocycles. The fraction of sp³-hybridized carbons (Fsp3) is 0. The molecule has 0 bridgehead atoms. The molecule has 0 N–H and O–H groups in total. The summed E-state index contributed by atoms with van der Waals surface area (Å²) in [5.74, 6) is -0.0765. The van der Waals surface area contributed by atoms with E-state index in [1.165, 1.54) is 6.08 Å². The first-order chi connectivity index (χ1) is 9.08. The van der Waals surface area contributed by atoms with E-state index in [-0.39, 0.29) is 5.78 Å². The molecule has 0 radical (unpaired) electrons. The summed E-state index contributed by atoms with van der Waals surface area (Å²) in [7, 11) is 0. The van der Waals surface area contributed by atoms with Crippen molar-refractivity contribution in [1.29, 1.82) is 0 Å². The molecule has 0 saturated heterocycles. The zero-order valence-electron chi connectivity index (χ0n) is 9.74. The maximum Gasteiger partial charge on any atom is 0.185 e. The number of allylic oxidation sites excluding steroid dienone is 1. The quantitative estimate of drug-likeness (QED) is 0.376. The second-order valence-corrected chi connectivity index (χ2v) is 5.90. The molecule has 2 aromatic rings. The van der Waals surface area contributed by atoms with Crippen LogP contribution in [0.1, 0.15) is 15.9 Å². The third kappa shape index (κ3) is 3.81. The Kier molecular flexibility index (Phi) is 5.02. The molecule has 0 spiro atoms. The van der Waals surface area contributed by atoms with Crippen LogP contribution in [-0.4, -0.2) is 5.78 Å². The Morgan fingerprint density at radius 2 is 1.58 bits per heavy atom. The first-order valence-electron chi connectivity index (χ1n) is 5.50. The number of ketones is 1. The molecule has 2 rings (SSSR count). The minimum atomic E-state index is -0.0765. The largest absolute Gasteiger partial charge is 0.289 e. The predicted molar refractivity (Wildman–Crippen MR) is 89.0 cm³/mol. The summed E-state index contributed by atoms with van der Waals surface area (Å²) in [5.41, 5.74) is 1.30. The van der Waals surface area contributed by atoms with Gasteiger partial charge in [0.25, 0.3) is 0 Å². The molecule has 0 aliphatic carbocycles. The Morgan fingerprint density at radius 1 is 1.00 bits per heavy atom. The number of benzene rings is 2. The molecule has 96 valence electrons. The number of rotatable bonds is 3. The monoisotopic (exact) mass is 402 g/mol. The van der Waals surface area contributed by atoms with Gasteiger partial charge in [0.05, 0.1) is 0 Å². The molecule has 0 atom stereocenters. The molecule has 0 amide bonds. The summed E-state index contributed by atoms with van der Waals surface area (Å²) in [6, 6.07) is 12.6. The van der Waals surface area contributed by atoms with Crippen molar-refractivity contribution in [3.8, 4) is 0 Å². The van der Waals surface area contributed by atoms with Crippen molar-refractivity contribution in [1.82, 2.24) is 0 Å². The molecular weight excluding hydrogens is 394 g/mol. The highest BCUT2D eigenvalue weighted by Gasteiger charge is 2.04. The maximum absolute atomic E-state index is 12.0. The van der Waals surface area contributed by atoms with Gasteiger partial charge in [-0.25, -0.2) is 0 Å². The fourth-order valence-electron chi connectivity index (χ4n) is 1.54. The van der Waals surface area contributed by atoms with Crippen LogP contribution in [0.5, 0.6) is 0 Å². The summed E-state index contributed by atoms with van der Waals surface area (Å²) in [6.07, 6.45) is 3.13. The second-order valence-electron chi connectivity index (χ2n) is 3.84. The minimum Gasteiger partial charge on any atom is -0.289 e. The normalized spacial score (nSPS) is 10.9. The Morgan fingerprint density at radius 3 is 2.16 bits per heavy atom. The highest BCUT2D eigenvalue weighted by atomic mass is 127. The average molecular weight is 403 g/mol. The van der Waals surface area contributed by atoms with E-state index in [4.69, 9.17) is 23.2 Å². The van der Waals surface area contributed by atoms with E-state index in [0.717, 1.165) is 3.57 Å². The number of hydrogen-bond acceptors (Lipinski definition) is 1. The number of carbonyl (C=O) groups is 1. The van der Waals surface area contributed by atoms with E-state index >= 15 is 0 Å². The van der Waals surface area contributed by atoms with Gasteiger partial charge in [-0.1, -0.05) is 41.4 Å². The molecule has 0 aliphatic rings. The molecule has 19 heavy (non-hydrogen) atoms. The van der Waals surface area contributed by atoms with E-state index < -0.39 is 0 Å². The molecule has 0 fully saturated rings. The van der Waals surface area contributed by atoms with Crippen molar-refractivity contribution in [3.05, 3.63) is 73.3 Å². The zero-order valence-corrected chi connectivity index (χ0v) is 13.4. The van der Waals surface area contributed by atoms with Crippen LogP contribution in [0.2, 0.25) is 10.0 Å². The zero-order chi connectivity index (χ0) is 13.8. The van der Waals surface area contributed by atoms with Crippen molar-refractivity contribution >= 4 is 57.7 Å². The van der Waals surface area contributed by atoms with Crippen LogP contribution >= 0.6 is 45.8 Å². The number of hydrogen-bond donors (Lipinski definition) is 0. The van der Waals surface area contributed by atoms with Gasteiger partial charge in [-0.05, 0) is 59.0 Å². The molecule has 4 heteroatoms. The Balaban J connectivity index is 2.23. The van der Waals surface area contributed by atoms with Gasteiger partial charge in [-0.3, -0.25) is 4.79 Å². The van der Waals surface area contributed by atoms with Crippen LogP contribution < -0.4 is 0 Å². The van der Waals surface area contributed by atoms with Gasteiger partial charge >= 0.3 is 0 Å². The Hall–Kier alpha value is -0.840. The van der Waals surface area contributed by atoms with Crippen molar-refractivity contribution < 1.29 is 4.79 Å². The van der Waals surface area contributed by atoms with E-state index in [9.17, 15) is 4.79 Å². The predicted octanol–water partition coefficient (Wildman–Crippen LogP) is 5.49. The van der Waals surface area contributed by atoms with Gasteiger partial charge in [-0.15, -0.1) is 0 Å². The van der Waals surface area contributed by atoms with E-state index in [1.54, 1.807) is 36.4 Å². The molecule has 0 unspecified atom stereocenters. The number of halogens is 3. The van der Waals surface area contributed by atoms with E-state index in [0.29, 0.717) is 21.2 Å². The van der Waals surface area contributed by atoms with Crippen LogP contribution in [0, 0.1) is 3.57 Å². The van der Waals surface area contributed by atoms with Crippen LogP contribution in [0.3, 0.4) is 0 Å². The van der Waals surface area contributed by atoms with E-state index in [1.807, 2.05) is 12.1 Å². The third-order valence-electron chi connectivity index (χ3n) is 2.53. The molecule has 0 heterocycles. The summed E-state index contributed by atoms with van der Waals surface area (Å²) >= 11 is 14.3. The highest BCUT2D eigenvalue weighted by Crippen LogP contribution is 2.25. The molecule has 0 aliphatic heterocycles. The van der Waals surface area contributed by atoms with Gasteiger partial charge in [0.1, 0.15) is 0 Å². The first kappa shape index (κ1) is 14.6. The van der Waals surface area contributed by atoms with Crippen molar-refractivity contribution in [2.24, 2.45) is 0 Å². The maximum atomic E-state index is 12.0. The molecule has 1 nitrogen and oxygen atoms in total. The smallest absolute Gasteiger partial charge is 0.185 e. The van der Waals surface area contributed by atoms with Crippen LogP contribution in [0.15, 0.2) is 48.5 Å². The lowest BCUT2D eigenvalue weighted by atomic mass is 10.1. The van der Waals surface area contributed by atoms with Crippen LogP contribution in [-0.2, 0) is 0 Å². The standard InChI is InChI=1S/C15H9Cl2IO/c16-13-2-1-3-14(17)12(13)8-9-15(19)10-4-6-11(18)7-5-10/h1-9H/b9-8+. The summed E-state index contributed by atoms with van der Waals surface area (Å²) in [5, 5.41) is 1.05. The Labute approximate surface area is 135 Å². The second kappa shape index (κ2) is 6.55. The lowest BCUT2D eigenvalue weighted by Crippen LogP contribution is -1.93.